The van der Waals surface area contributed by atoms with Crippen molar-refractivity contribution in [3.05, 3.63) is 30.1 Å². The Balaban J connectivity index is 0.000000810. The Morgan fingerprint density at radius 3 is 2.20 bits per heavy atom. The monoisotopic (exact) mass is 147 g/mol. The van der Waals surface area contributed by atoms with Crippen LogP contribution >= 0.6 is 0 Å². The van der Waals surface area contributed by atoms with Crippen molar-refractivity contribution in [1.82, 2.24) is 4.98 Å². The van der Waals surface area contributed by atoms with E-state index < -0.39 is 5.97 Å². The van der Waals surface area contributed by atoms with Gasteiger partial charge >= 0.3 is 35.5 Å². The maximum absolute atomic E-state index is 10.2. The van der Waals surface area contributed by atoms with Crippen LogP contribution < -0.4 is 0 Å². The SMILES string of the molecule is O=C(O)c1ccncc1.[NaH]. The van der Waals surface area contributed by atoms with E-state index in [-0.39, 0.29) is 35.1 Å². The molecule has 0 radical (unpaired) electrons. The first-order chi connectivity index (χ1) is 4.30. The number of pyridine rings is 1. The van der Waals surface area contributed by atoms with E-state index in [2.05, 4.69) is 4.98 Å². The third-order valence-corrected chi connectivity index (χ3v) is 0.927. The van der Waals surface area contributed by atoms with E-state index in [1.165, 1.54) is 24.5 Å². The quantitative estimate of drug-likeness (QED) is 0.574. The third kappa shape index (κ3) is 2.47. The molecule has 0 saturated heterocycles. The Morgan fingerprint density at radius 2 is 1.90 bits per heavy atom. The van der Waals surface area contributed by atoms with Gasteiger partial charge in [-0.3, -0.25) is 4.98 Å². The Kier molecular flexibility index (Phi) is 4.27. The van der Waals surface area contributed by atoms with Crippen LogP contribution in [0, 0.1) is 0 Å². The molecular formula is C6H6NNaO2. The molecule has 0 aliphatic rings. The van der Waals surface area contributed by atoms with Crippen molar-refractivity contribution in [3.63, 3.8) is 0 Å². The van der Waals surface area contributed by atoms with Gasteiger partial charge in [-0.05, 0) is 12.1 Å². The standard InChI is InChI=1S/C6H5NO2.Na.H/c8-6(9)5-1-3-7-4-2-5;;/h1-4H,(H,8,9);;. The van der Waals surface area contributed by atoms with Crippen molar-refractivity contribution in [2.75, 3.05) is 0 Å². The second-order valence-corrected chi connectivity index (χ2v) is 1.54. The van der Waals surface area contributed by atoms with Crippen molar-refractivity contribution >= 4 is 35.5 Å². The van der Waals surface area contributed by atoms with Crippen LogP contribution in [0.2, 0.25) is 0 Å². The van der Waals surface area contributed by atoms with E-state index in [9.17, 15) is 4.79 Å². The van der Waals surface area contributed by atoms with Crippen LogP contribution in [-0.4, -0.2) is 45.6 Å². The van der Waals surface area contributed by atoms with Crippen LogP contribution in [0.3, 0.4) is 0 Å². The van der Waals surface area contributed by atoms with Gasteiger partial charge in [-0.1, -0.05) is 0 Å². The molecule has 1 aromatic heterocycles. The molecule has 1 heterocycles. The topological polar surface area (TPSA) is 50.2 Å². The Labute approximate surface area is 80.4 Å². The number of hydrogen-bond donors (Lipinski definition) is 1. The molecule has 4 heteroatoms. The van der Waals surface area contributed by atoms with E-state index in [4.69, 9.17) is 5.11 Å². The number of aromatic carboxylic acids is 1. The first-order valence-electron chi connectivity index (χ1n) is 2.44. The van der Waals surface area contributed by atoms with Gasteiger partial charge in [0.2, 0.25) is 0 Å². The van der Waals surface area contributed by atoms with Crippen molar-refractivity contribution in [2.24, 2.45) is 0 Å². The molecule has 0 aromatic carbocycles. The number of hydrogen-bond acceptors (Lipinski definition) is 2. The minimum atomic E-state index is -0.919. The van der Waals surface area contributed by atoms with Gasteiger partial charge in [0.05, 0.1) is 5.56 Å². The normalized spacial score (nSPS) is 8.00. The molecular weight excluding hydrogens is 141 g/mol. The molecule has 0 bridgehead atoms. The van der Waals surface area contributed by atoms with E-state index in [0.717, 1.165) is 0 Å². The summed E-state index contributed by atoms with van der Waals surface area (Å²) in [5.41, 5.74) is 0.269. The summed E-state index contributed by atoms with van der Waals surface area (Å²) in [4.78, 5) is 13.8. The maximum atomic E-state index is 10.2. The molecule has 0 fully saturated rings. The summed E-state index contributed by atoms with van der Waals surface area (Å²) in [6, 6.07) is 2.89. The van der Waals surface area contributed by atoms with Gasteiger partial charge in [-0.2, -0.15) is 0 Å². The summed E-state index contributed by atoms with van der Waals surface area (Å²) in [7, 11) is 0. The number of carboxylic acid groups (broad SMARTS) is 1. The van der Waals surface area contributed by atoms with Crippen molar-refractivity contribution < 1.29 is 9.90 Å². The Morgan fingerprint density at radius 1 is 1.40 bits per heavy atom. The van der Waals surface area contributed by atoms with Crippen molar-refractivity contribution in [1.29, 1.82) is 0 Å². The molecule has 3 nitrogen and oxygen atoms in total. The Bertz CT molecular complexity index is 212. The summed E-state index contributed by atoms with van der Waals surface area (Å²) in [6.07, 6.45) is 2.90. The summed E-state index contributed by atoms with van der Waals surface area (Å²) < 4.78 is 0. The molecule has 0 atom stereocenters. The average Bonchev–Trinajstić information content (AvgIpc) is 1.90. The number of aromatic nitrogens is 1. The van der Waals surface area contributed by atoms with Gasteiger partial charge in [-0.25, -0.2) is 4.79 Å². The molecule has 0 saturated carbocycles. The zero-order chi connectivity index (χ0) is 6.69. The summed E-state index contributed by atoms with van der Waals surface area (Å²) >= 11 is 0. The fourth-order valence-corrected chi connectivity index (χ4v) is 0.494. The molecule has 0 unspecified atom stereocenters. The van der Waals surface area contributed by atoms with Gasteiger partial charge < -0.3 is 5.11 Å². The molecule has 1 rings (SSSR count). The van der Waals surface area contributed by atoms with Gasteiger partial charge in [0, 0.05) is 12.4 Å². The zero-order valence-electron chi connectivity index (χ0n) is 4.61. The summed E-state index contributed by atoms with van der Waals surface area (Å²) in [5, 5.41) is 8.36. The van der Waals surface area contributed by atoms with Crippen LogP contribution in [0.4, 0.5) is 0 Å². The first kappa shape index (κ1) is 9.62. The predicted molar refractivity (Wildman–Crippen MR) is 38.3 cm³/mol. The summed E-state index contributed by atoms with van der Waals surface area (Å²) in [6.45, 7) is 0. The number of carbonyl (C=O) groups is 1. The molecule has 0 aliphatic carbocycles. The van der Waals surface area contributed by atoms with E-state index in [1.54, 1.807) is 0 Å². The number of carboxylic acids is 1. The number of nitrogens with zero attached hydrogens (tertiary/aromatic N) is 1. The van der Waals surface area contributed by atoms with Crippen molar-refractivity contribution in [3.8, 4) is 0 Å². The zero-order valence-corrected chi connectivity index (χ0v) is 4.61. The molecule has 10 heavy (non-hydrogen) atoms. The second-order valence-electron chi connectivity index (χ2n) is 1.54. The van der Waals surface area contributed by atoms with Crippen LogP contribution in [0.1, 0.15) is 10.4 Å². The molecule has 1 aromatic rings. The molecule has 48 valence electrons. The van der Waals surface area contributed by atoms with E-state index in [0.29, 0.717) is 0 Å². The first-order valence-corrected chi connectivity index (χ1v) is 2.44. The van der Waals surface area contributed by atoms with Crippen LogP contribution in [0.5, 0.6) is 0 Å². The van der Waals surface area contributed by atoms with Gasteiger partial charge in [-0.15, -0.1) is 0 Å². The Hall–Kier alpha value is -0.380. The second kappa shape index (κ2) is 4.44. The summed E-state index contributed by atoms with van der Waals surface area (Å²) in [5.74, 6) is -0.919. The van der Waals surface area contributed by atoms with Crippen molar-refractivity contribution in [2.45, 2.75) is 0 Å². The van der Waals surface area contributed by atoms with Crippen LogP contribution in [0.15, 0.2) is 24.5 Å². The van der Waals surface area contributed by atoms with E-state index >= 15 is 0 Å². The minimum absolute atomic E-state index is 0. The fourth-order valence-electron chi connectivity index (χ4n) is 0.494. The third-order valence-electron chi connectivity index (χ3n) is 0.927. The predicted octanol–water partition coefficient (Wildman–Crippen LogP) is 0.131. The van der Waals surface area contributed by atoms with E-state index in [1.807, 2.05) is 0 Å². The van der Waals surface area contributed by atoms with Gasteiger partial charge in [0.25, 0.3) is 0 Å². The molecule has 1 N–H and O–H groups in total. The molecule has 0 spiro atoms. The van der Waals surface area contributed by atoms with Gasteiger partial charge in [0.15, 0.2) is 0 Å². The van der Waals surface area contributed by atoms with Crippen LogP contribution in [0.25, 0.3) is 0 Å². The molecule has 0 amide bonds. The van der Waals surface area contributed by atoms with Crippen LogP contribution in [-0.2, 0) is 0 Å². The number of rotatable bonds is 1. The fraction of sp³-hybridized carbons (Fsp3) is 0. The molecule has 0 aliphatic heterocycles. The van der Waals surface area contributed by atoms with Gasteiger partial charge in [0.1, 0.15) is 0 Å². The average molecular weight is 147 g/mol.